The summed E-state index contributed by atoms with van der Waals surface area (Å²) in [6, 6.07) is 10.1. The predicted octanol–water partition coefficient (Wildman–Crippen LogP) is 5.55. The number of rotatable bonds is 7. The Morgan fingerprint density at radius 2 is 1.90 bits per heavy atom. The summed E-state index contributed by atoms with van der Waals surface area (Å²) in [5.41, 5.74) is 6.28. The number of halogens is 3. The molecule has 2 fully saturated rings. The first kappa shape index (κ1) is 27.3. The summed E-state index contributed by atoms with van der Waals surface area (Å²) in [5, 5.41) is 4.55. The molecule has 4 heterocycles. The molecule has 4 aromatic rings. The molecule has 0 spiro atoms. The average Bonchev–Trinajstić information content (AvgIpc) is 3.30. The molecule has 6 rings (SSSR count). The molecule has 41 heavy (non-hydrogen) atoms. The topological polar surface area (TPSA) is 92.2 Å². The highest BCUT2D eigenvalue weighted by Gasteiger charge is 2.38. The number of pyridine rings is 1. The van der Waals surface area contributed by atoms with E-state index in [0.29, 0.717) is 24.9 Å². The van der Waals surface area contributed by atoms with E-state index >= 15 is 0 Å². The van der Waals surface area contributed by atoms with Gasteiger partial charge in [0.15, 0.2) is 0 Å². The SMILES string of the molecule is CC(c1ccnc(Cc2nc3ccc(-c4cnn(CC5(C)CC5)c4)cc3[nH]2)c1)N1CCN(C(=O)OC(F)(F)F)CC1. The first-order chi connectivity index (χ1) is 19.5. The van der Waals surface area contributed by atoms with Crippen LogP contribution in [0.1, 0.15) is 49.8 Å². The second-order valence-electron chi connectivity index (χ2n) is 11.4. The highest BCUT2D eigenvalue weighted by molar-refractivity contribution is 5.81. The Bertz CT molecular complexity index is 1550. The van der Waals surface area contributed by atoms with Gasteiger partial charge < -0.3 is 14.6 Å². The van der Waals surface area contributed by atoms with Crippen LogP contribution in [0.2, 0.25) is 0 Å². The van der Waals surface area contributed by atoms with Gasteiger partial charge in [0, 0.05) is 68.8 Å². The zero-order valence-corrected chi connectivity index (χ0v) is 23.0. The molecular formula is C29H32F3N7O2. The number of alkyl halides is 3. The molecular weight excluding hydrogens is 535 g/mol. The number of fused-ring (bicyclic) bond motifs is 1. The third kappa shape index (κ3) is 6.37. The Kier molecular flexibility index (Phi) is 6.96. The largest absolute Gasteiger partial charge is 0.576 e. The summed E-state index contributed by atoms with van der Waals surface area (Å²) in [6.07, 6.45) is 2.48. The van der Waals surface area contributed by atoms with Crippen molar-refractivity contribution in [2.24, 2.45) is 5.41 Å². The molecule has 216 valence electrons. The van der Waals surface area contributed by atoms with Gasteiger partial charge in [-0.25, -0.2) is 9.78 Å². The smallest absolute Gasteiger partial charge is 0.356 e. The van der Waals surface area contributed by atoms with Crippen molar-refractivity contribution in [2.75, 3.05) is 26.2 Å². The van der Waals surface area contributed by atoms with Crippen LogP contribution in [0.3, 0.4) is 0 Å². The van der Waals surface area contributed by atoms with E-state index in [1.54, 1.807) is 6.20 Å². The summed E-state index contributed by atoms with van der Waals surface area (Å²) in [6.45, 7) is 6.49. The maximum absolute atomic E-state index is 12.4. The summed E-state index contributed by atoms with van der Waals surface area (Å²) >= 11 is 0. The number of carbonyl (C=O) groups excluding carboxylic acids is 1. The molecule has 0 bridgehead atoms. The summed E-state index contributed by atoms with van der Waals surface area (Å²) in [7, 11) is 0. The number of aromatic nitrogens is 5. The normalized spacial score (nSPS) is 18.0. The van der Waals surface area contributed by atoms with E-state index in [9.17, 15) is 18.0 Å². The minimum atomic E-state index is -4.98. The van der Waals surface area contributed by atoms with Gasteiger partial charge in [-0.1, -0.05) is 13.0 Å². The number of nitrogens with zero attached hydrogens (tertiary/aromatic N) is 6. The fourth-order valence-corrected chi connectivity index (χ4v) is 5.38. The Morgan fingerprint density at radius 3 is 2.63 bits per heavy atom. The lowest BCUT2D eigenvalue weighted by Crippen LogP contribution is -2.50. The van der Waals surface area contributed by atoms with Crippen molar-refractivity contribution in [1.29, 1.82) is 0 Å². The van der Waals surface area contributed by atoms with Crippen LogP contribution in [-0.4, -0.2) is 73.2 Å². The Balaban J connectivity index is 1.09. The van der Waals surface area contributed by atoms with Crippen molar-refractivity contribution >= 4 is 17.1 Å². The lowest BCUT2D eigenvalue weighted by atomic mass is 10.1. The van der Waals surface area contributed by atoms with Crippen LogP contribution in [0.25, 0.3) is 22.2 Å². The fourth-order valence-electron chi connectivity index (χ4n) is 5.38. The van der Waals surface area contributed by atoms with Gasteiger partial charge in [-0.3, -0.25) is 14.6 Å². The number of piperazine rings is 1. The number of hydrogen-bond acceptors (Lipinski definition) is 6. The number of imidazole rings is 1. The molecule has 12 heteroatoms. The van der Waals surface area contributed by atoms with E-state index in [-0.39, 0.29) is 19.1 Å². The maximum atomic E-state index is 12.4. The first-order valence-electron chi connectivity index (χ1n) is 13.8. The van der Waals surface area contributed by atoms with Crippen molar-refractivity contribution in [2.45, 2.75) is 52.1 Å². The van der Waals surface area contributed by atoms with Crippen LogP contribution in [0.5, 0.6) is 0 Å². The third-order valence-corrected chi connectivity index (χ3v) is 8.14. The van der Waals surface area contributed by atoms with Crippen LogP contribution >= 0.6 is 0 Å². The van der Waals surface area contributed by atoms with Crippen molar-refractivity contribution in [1.82, 2.24) is 34.5 Å². The minimum Gasteiger partial charge on any atom is -0.356 e. The number of aromatic amines is 1. The average molecular weight is 568 g/mol. The Morgan fingerprint density at radius 1 is 1.12 bits per heavy atom. The second-order valence-corrected chi connectivity index (χ2v) is 11.4. The van der Waals surface area contributed by atoms with Gasteiger partial charge in [-0.2, -0.15) is 5.10 Å². The molecule has 1 atom stereocenters. The maximum Gasteiger partial charge on any atom is 0.576 e. The molecule has 9 nitrogen and oxygen atoms in total. The van der Waals surface area contributed by atoms with E-state index < -0.39 is 12.5 Å². The lowest BCUT2D eigenvalue weighted by molar-refractivity contribution is -0.295. The first-order valence-corrected chi connectivity index (χ1v) is 13.8. The summed E-state index contributed by atoms with van der Waals surface area (Å²) in [4.78, 5) is 27.7. The number of benzene rings is 1. The van der Waals surface area contributed by atoms with E-state index in [1.807, 2.05) is 36.0 Å². The van der Waals surface area contributed by atoms with Gasteiger partial charge in [-0.15, -0.1) is 13.2 Å². The third-order valence-electron chi connectivity index (χ3n) is 8.14. The van der Waals surface area contributed by atoms with Crippen LogP contribution < -0.4 is 0 Å². The highest BCUT2D eigenvalue weighted by atomic mass is 19.4. The number of H-pyrrole nitrogens is 1. The molecule has 1 saturated carbocycles. The molecule has 2 aliphatic rings. The predicted molar refractivity (Wildman–Crippen MR) is 146 cm³/mol. The van der Waals surface area contributed by atoms with Crippen molar-refractivity contribution in [3.05, 3.63) is 66.0 Å². The number of carbonyl (C=O) groups is 1. The molecule has 1 N–H and O–H groups in total. The lowest BCUT2D eigenvalue weighted by Gasteiger charge is -2.37. The molecule has 1 aliphatic heterocycles. The molecule has 1 amide bonds. The number of amides is 1. The number of nitrogens with one attached hydrogen (secondary N) is 1. The number of hydrogen-bond donors (Lipinski definition) is 1. The molecule has 3 aromatic heterocycles. The summed E-state index contributed by atoms with van der Waals surface area (Å²) < 4.78 is 42.7. The van der Waals surface area contributed by atoms with E-state index in [2.05, 4.69) is 50.0 Å². The van der Waals surface area contributed by atoms with E-state index in [0.717, 1.165) is 50.7 Å². The van der Waals surface area contributed by atoms with Gasteiger partial charge in [-0.05, 0) is 60.6 Å². The van der Waals surface area contributed by atoms with Gasteiger partial charge in [0.25, 0.3) is 0 Å². The van der Waals surface area contributed by atoms with Gasteiger partial charge in [0.05, 0.1) is 17.2 Å². The van der Waals surface area contributed by atoms with E-state index in [4.69, 9.17) is 4.98 Å². The second kappa shape index (κ2) is 10.5. The summed E-state index contributed by atoms with van der Waals surface area (Å²) in [5.74, 6) is 0.809. The van der Waals surface area contributed by atoms with Crippen molar-refractivity contribution in [3.8, 4) is 11.1 Å². The van der Waals surface area contributed by atoms with Gasteiger partial charge in [0.2, 0.25) is 0 Å². The van der Waals surface area contributed by atoms with Crippen molar-refractivity contribution in [3.63, 3.8) is 0 Å². The van der Waals surface area contributed by atoms with Crippen LogP contribution in [0.4, 0.5) is 18.0 Å². The minimum absolute atomic E-state index is 0.000754. The van der Waals surface area contributed by atoms with E-state index in [1.165, 1.54) is 12.8 Å². The zero-order chi connectivity index (χ0) is 28.8. The molecule has 1 aliphatic carbocycles. The molecule has 0 radical (unpaired) electrons. The fraction of sp³-hybridized carbons (Fsp3) is 0.448. The highest BCUT2D eigenvalue weighted by Crippen LogP contribution is 2.46. The zero-order valence-electron chi connectivity index (χ0n) is 23.0. The standard InChI is InChI=1S/C29H32F3N7O2/c1-19(37-9-11-38(12-10-37)27(40)41-29(30,31)32)20-5-8-33-23(13-20)15-26-35-24-4-3-21(14-25(24)36-26)22-16-34-39(17-22)18-28(2)6-7-28/h3-5,8,13-14,16-17,19H,6-7,9-12,15,18H2,1-2H3,(H,35,36). The van der Waals surface area contributed by atoms with Gasteiger partial charge in [0.1, 0.15) is 5.82 Å². The molecule has 1 aromatic carbocycles. The quantitative estimate of drug-likeness (QED) is 0.315. The monoisotopic (exact) mass is 567 g/mol. The molecule has 1 unspecified atom stereocenters. The molecule has 1 saturated heterocycles. The van der Waals surface area contributed by atoms with Gasteiger partial charge >= 0.3 is 12.5 Å². The van der Waals surface area contributed by atoms with Crippen LogP contribution in [-0.2, 0) is 17.7 Å². The van der Waals surface area contributed by atoms with Crippen LogP contribution in [0, 0.1) is 5.41 Å². The van der Waals surface area contributed by atoms with Crippen molar-refractivity contribution < 1.29 is 22.7 Å². The Labute approximate surface area is 235 Å². The number of ether oxygens (including phenoxy) is 1. The van der Waals surface area contributed by atoms with Crippen LogP contribution in [0.15, 0.2) is 48.9 Å². The Hall–Kier alpha value is -3.93.